The number of nitriles is 1. The van der Waals surface area contributed by atoms with E-state index in [9.17, 15) is 8.42 Å². The molecule has 0 spiro atoms. The third-order valence-corrected chi connectivity index (χ3v) is 5.30. The summed E-state index contributed by atoms with van der Waals surface area (Å²) in [5, 5.41) is 8.84. The molecule has 1 atom stereocenters. The fraction of sp³-hybridized carbons (Fsp3) is 0.533. The maximum atomic E-state index is 12.2. The van der Waals surface area contributed by atoms with Crippen molar-refractivity contribution in [1.29, 1.82) is 5.26 Å². The van der Waals surface area contributed by atoms with Crippen molar-refractivity contribution in [1.82, 2.24) is 9.62 Å². The van der Waals surface area contributed by atoms with Gasteiger partial charge in [-0.2, -0.15) is 5.26 Å². The van der Waals surface area contributed by atoms with Gasteiger partial charge in [0.2, 0.25) is 10.0 Å². The highest BCUT2D eigenvalue weighted by Gasteiger charge is 2.25. The lowest BCUT2D eigenvalue weighted by Gasteiger charge is -2.20. The van der Waals surface area contributed by atoms with E-state index in [2.05, 4.69) is 23.5 Å². The molecule has 1 saturated heterocycles. The summed E-state index contributed by atoms with van der Waals surface area (Å²) in [5.41, 5.74) is 0.352. The van der Waals surface area contributed by atoms with Crippen molar-refractivity contribution in [2.45, 2.75) is 31.2 Å². The molecule has 1 N–H and O–H groups in total. The Labute approximate surface area is 126 Å². The van der Waals surface area contributed by atoms with Gasteiger partial charge in [0.15, 0.2) is 0 Å². The molecule has 6 heteroatoms. The molecule has 21 heavy (non-hydrogen) atoms. The Morgan fingerprint density at radius 2 is 2.24 bits per heavy atom. The molecular weight excluding hydrogens is 286 g/mol. The Morgan fingerprint density at radius 1 is 1.48 bits per heavy atom. The summed E-state index contributed by atoms with van der Waals surface area (Å²) in [4.78, 5) is 2.51. The third-order valence-electron chi connectivity index (χ3n) is 3.88. The molecule has 0 radical (unpaired) electrons. The summed E-state index contributed by atoms with van der Waals surface area (Å²) in [6.45, 7) is 6.70. The number of sulfonamides is 1. The molecule has 0 aliphatic carbocycles. The van der Waals surface area contributed by atoms with E-state index in [1.165, 1.54) is 12.1 Å². The first-order valence-corrected chi connectivity index (χ1v) is 8.64. The highest BCUT2D eigenvalue weighted by atomic mass is 32.2. The van der Waals surface area contributed by atoms with Crippen LogP contribution in [0.5, 0.6) is 0 Å². The average Bonchev–Trinajstić information content (AvgIpc) is 2.94. The van der Waals surface area contributed by atoms with Gasteiger partial charge in [0.1, 0.15) is 0 Å². The van der Waals surface area contributed by atoms with Gasteiger partial charge < -0.3 is 4.90 Å². The van der Waals surface area contributed by atoms with Crippen LogP contribution in [-0.4, -0.2) is 39.0 Å². The second kappa shape index (κ2) is 6.56. The smallest absolute Gasteiger partial charge is 0.240 e. The molecule has 5 nitrogen and oxygen atoms in total. The second-order valence-electron chi connectivity index (χ2n) is 5.73. The maximum absolute atomic E-state index is 12.2. The van der Waals surface area contributed by atoms with E-state index < -0.39 is 10.0 Å². The third kappa shape index (κ3) is 4.03. The fourth-order valence-electron chi connectivity index (χ4n) is 2.54. The maximum Gasteiger partial charge on any atom is 0.240 e. The first kappa shape index (κ1) is 16.0. The van der Waals surface area contributed by atoms with E-state index in [1.54, 1.807) is 12.1 Å². The van der Waals surface area contributed by atoms with Crippen LogP contribution >= 0.6 is 0 Å². The molecule has 114 valence electrons. The molecule has 0 amide bonds. The minimum absolute atomic E-state index is 0.153. The van der Waals surface area contributed by atoms with Crippen LogP contribution in [0.4, 0.5) is 0 Å². The monoisotopic (exact) mass is 307 g/mol. The molecule has 2 rings (SSSR count). The van der Waals surface area contributed by atoms with Crippen LogP contribution in [0.15, 0.2) is 29.2 Å². The summed E-state index contributed by atoms with van der Waals surface area (Å²) in [6, 6.07) is 8.55. The van der Waals surface area contributed by atoms with Crippen LogP contribution in [0.3, 0.4) is 0 Å². The molecule has 1 aliphatic rings. The molecule has 1 unspecified atom stereocenters. The highest BCUT2D eigenvalue weighted by Crippen LogP contribution is 2.18. The van der Waals surface area contributed by atoms with E-state index in [4.69, 9.17) is 5.26 Å². The van der Waals surface area contributed by atoms with Crippen molar-refractivity contribution in [3.05, 3.63) is 29.8 Å². The van der Waals surface area contributed by atoms with Gasteiger partial charge in [0, 0.05) is 19.1 Å². The highest BCUT2D eigenvalue weighted by molar-refractivity contribution is 7.89. The zero-order chi connectivity index (χ0) is 15.5. The number of nitrogens with zero attached hydrogens (tertiary/aromatic N) is 2. The second-order valence-corrected chi connectivity index (χ2v) is 7.50. The quantitative estimate of drug-likeness (QED) is 0.896. The van der Waals surface area contributed by atoms with E-state index in [0.29, 0.717) is 24.1 Å². The van der Waals surface area contributed by atoms with Crippen molar-refractivity contribution < 1.29 is 8.42 Å². The first-order chi connectivity index (χ1) is 9.92. The Morgan fingerprint density at radius 3 is 2.86 bits per heavy atom. The van der Waals surface area contributed by atoms with E-state index in [-0.39, 0.29) is 4.90 Å². The van der Waals surface area contributed by atoms with E-state index in [0.717, 1.165) is 19.5 Å². The van der Waals surface area contributed by atoms with E-state index >= 15 is 0 Å². The average molecular weight is 307 g/mol. The molecule has 0 bridgehead atoms. The van der Waals surface area contributed by atoms with Crippen LogP contribution in [0.25, 0.3) is 0 Å². The van der Waals surface area contributed by atoms with Crippen molar-refractivity contribution >= 4 is 10.0 Å². The predicted octanol–water partition coefficient (Wildman–Crippen LogP) is 1.57. The molecule has 0 aromatic heterocycles. The lowest BCUT2D eigenvalue weighted by Crippen LogP contribution is -2.33. The summed E-state index contributed by atoms with van der Waals surface area (Å²) >= 11 is 0. The van der Waals surface area contributed by atoms with Crippen LogP contribution in [-0.2, 0) is 10.0 Å². The van der Waals surface area contributed by atoms with Crippen molar-refractivity contribution in [3.8, 4) is 6.07 Å². The number of hydrogen-bond donors (Lipinski definition) is 1. The Bertz CT molecular complexity index is 635. The standard InChI is InChI=1S/C15H21N3O2S/c1-12(2)18-7-6-14(11-18)10-17-21(19,20)15-5-3-4-13(8-15)9-16/h3-5,8,12,14,17H,6-7,10-11H2,1-2H3. The lowest BCUT2D eigenvalue weighted by atomic mass is 10.1. The number of rotatable bonds is 5. The minimum Gasteiger partial charge on any atom is -0.301 e. The van der Waals surface area contributed by atoms with Gasteiger partial charge in [0.05, 0.1) is 16.5 Å². The van der Waals surface area contributed by atoms with Gasteiger partial charge in [-0.1, -0.05) is 6.07 Å². The number of nitrogens with one attached hydrogen (secondary N) is 1. The molecule has 0 saturated carbocycles. The van der Waals surface area contributed by atoms with E-state index in [1.807, 2.05) is 6.07 Å². The number of likely N-dealkylation sites (tertiary alicyclic amines) is 1. The topological polar surface area (TPSA) is 73.2 Å². The lowest BCUT2D eigenvalue weighted by molar-refractivity contribution is 0.265. The van der Waals surface area contributed by atoms with Gasteiger partial charge in [-0.25, -0.2) is 13.1 Å². The fourth-order valence-corrected chi connectivity index (χ4v) is 3.70. The van der Waals surface area contributed by atoms with Crippen molar-refractivity contribution in [3.63, 3.8) is 0 Å². The molecule has 1 aliphatic heterocycles. The Balaban J connectivity index is 1.98. The zero-order valence-electron chi connectivity index (χ0n) is 12.4. The van der Waals surface area contributed by atoms with Gasteiger partial charge in [-0.05, 0) is 50.9 Å². The van der Waals surface area contributed by atoms with Crippen LogP contribution in [0, 0.1) is 17.2 Å². The number of benzene rings is 1. The number of hydrogen-bond acceptors (Lipinski definition) is 4. The SMILES string of the molecule is CC(C)N1CCC(CNS(=O)(=O)c2cccc(C#N)c2)C1. The summed E-state index contributed by atoms with van der Waals surface area (Å²) in [5.74, 6) is 0.348. The van der Waals surface area contributed by atoms with Crippen LogP contribution < -0.4 is 4.72 Å². The van der Waals surface area contributed by atoms with Crippen molar-refractivity contribution in [2.24, 2.45) is 5.92 Å². The summed E-state index contributed by atoms with van der Waals surface area (Å²) in [7, 11) is -3.54. The van der Waals surface area contributed by atoms with Gasteiger partial charge in [-0.15, -0.1) is 0 Å². The first-order valence-electron chi connectivity index (χ1n) is 7.16. The molecule has 1 heterocycles. The van der Waals surface area contributed by atoms with Gasteiger partial charge in [0.25, 0.3) is 0 Å². The van der Waals surface area contributed by atoms with Crippen LogP contribution in [0.2, 0.25) is 0 Å². The Kier molecular flexibility index (Phi) is 4.99. The molecular formula is C15H21N3O2S. The van der Waals surface area contributed by atoms with Gasteiger partial charge >= 0.3 is 0 Å². The van der Waals surface area contributed by atoms with Gasteiger partial charge in [-0.3, -0.25) is 0 Å². The largest absolute Gasteiger partial charge is 0.301 e. The Hall–Kier alpha value is -1.42. The minimum atomic E-state index is -3.54. The normalized spacial score (nSPS) is 19.8. The zero-order valence-corrected chi connectivity index (χ0v) is 13.2. The molecule has 1 aromatic rings. The summed E-state index contributed by atoms with van der Waals surface area (Å²) < 4.78 is 27.1. The molecule has 1 aromatic carbocycles. The predicted molar refractivity (Wildman–Crippen MR) is 81.2 cm³/mol. The van der Waals surface area contributed by atoms with Crippen LogP contribution in [0.1, 0.15) is 25.8 Å². The molecule has 1 fully saturated rings. The van der Waals surface area contributed by atoms with Crippen molar-refractivity contribution in [2.75, 3.05) is 19.6 Å². The summed E-state index contributed by atoms with van der Waals surface area (Å²) in [6.07, 6.45) is 1.01.